The van der Waals surface area contributed by atoms with Gasteiger partial charge in [0.05, 0.1) is 5.75 Å². The zero-order valence-corrected chi connectivity index (χ0v) is 11.7. The highest BCUT2D eigenvalue weighted by molar-refractivity contribution is 7.89. The van der Waals surface area contributed by atoms with E-state index in [1.54, 1.807) is 6.20 Å². The number of piperidine rings is 1. The van der Waals surface area contributed by atoms with Crippen molar-refractivity contribution in [1.82, 2.24) is 9.88 Å². The molecule has 1 aliphatic rings. The van der Waals surface area contributed by atoms with Crippen LogP contribution >= 0.6 is 11.3 Å². The molecule has 1 saturated heterocycles. The Morgan fingerprint density at radius 3 is 2.94 bits per heavy atom. The normalized spacial score (nSPS) is 22.2. The molecule has 1 fully saturated rings. The van der Waals surface area contributed by atoms with E-state index in [0.29, 0.717) is 5.13 Å². The number of primary sulfonamides is 1. The first-order valence-corrected chi connectivity index (χ1v) is 8.38. The fraction of sp³-hybridized carbons (Fsp3) is 0.700. The fourth-order valence-electron chi connectivity index (χ4n) is 2.38. The maximum atomic E-state index is 11.1. The first-order chi connectivity index (χ1) is 8.42. The zero-order valence-electron chi connectivity index (χ0n) is 10.1. The van der Waals surface area contributed by atoms with Crippen LogP contribution in [0.1, 0.15) is 17.7 Å². The second-order valence-corrected chi connectivity index (χ2v) is 7.54. The van der Waals surface area contributed by atoms with Crippen molar-refractivity contribution in [3.8, 4) is 0 Å². The maximum Gasteiger partial charge on any atom is 0.209 e. The van der Waals surface area contributed by atoms with Crippen LogP contribution in [0.3, 0.4) is 0 Å². The molecule has 8 heteroatoms. The first kappa shape index (κ1) is 13.7. The van der Waals surface area contributed by atoms with Gasteiger partial charge in [0.1, 0.15) is 0 Å². The van der Waals surface area contributed by atoms with E-state index in [4.69, 9.17) is 10.9 Å². The molecule has 1 aromatic heterocycles. The minimum Gasteiger partial charge on any atom is -0.375 e. The lowest BCUT2D eigenvalue weighted by Gasteiger charge is -2.31. The smallest absolute Gasteiger partial charge is 0.209 e. The molecule has 1 unspecified atom stereocenters. The molecular formula is C10H18N4O2S2. The van der Waals surface area contributed by atoms with Gasteiger partial charge in [-0.1, -0.05) is 0 Å². The second kappa shape index (κ2) is 5.52. The summed E-state index contributed by atoms with van der Waals surface area (Å²) in [5.41, 5.74) is 5.59. The molecule has 0 spiro atoms. The molecular weight excluding hydrogens is 272 g/mol. The number of thiazole rings is 1. The van der Waals surface area contributed by atoms with Gasteiger partial charge < -0.3 is 5.73 Å². The summed E-state index contributed by atoms with van der Waals surface area (Å²) >= 11 is 1.48. The summed E-state index contributed by atoms with van der Waals surface area (Å²) in [6.07, 6.45) is 3.72. The average Bonchev–Trinajstić information content (AvgIpc) is 2.62. The van der Waals surface area contributed by atoms with Crippen LogP contribution in [0.4, 0.5) is 5.13 Å². The quantitative estimate of drug-likeness (QED) is 0.826. The van der Waals surface area contributed by atoms with Crippen molar-refractivity contribution in [3.05, 3.63) is 11.1 Å². The summed E-state index contributed by atoms with van der Waals surface area (Å²) < 4.78 is 22.2. The Kier molecular flexibility index (Phi) is 4.21. The Labute approximate surface area is 111 Å². The van der Waals surface area contributed by atoms with Crippen LogP contribution < -0.4 is 10.9 Å². The lowest BCUT2D eigenvalue weighted by Crippen LogP contribution is -2.38. The average molecular weight is 290 g/mol. The number of nitrogens with two attached hydrogens (primary N) is 2. The third-order valence-electron chi connectivity index (χ3n) is 3.02. The van der Waals surface area contributed by atoms with Crippen LogP contribution in [0.2, 0.25) is 0 Å². The molecule has 1 atom stereocenters. The molecule has 0 aliphatic carbocycles. The van der Waals surface area contributed by atoms with Gasteiger partial charge in [0, 0.05) is 24.2 Å². The van der Waals surface area contributed by atoms with Crippen molar-refractivity contribution < 1.29 is 8.42 Å². The SMILES string of the molecule is Nc1ncc(CN2CCCC(CS(N)(=O)=O)C2)s1. The standard InChI is InChI=1S/C10H18N4O2S2/c11-10-13-4-9(17-10)6-14-3-1-2-8(5-14)7-18(12,15)16/h4,8H,1-3,5-7H2,(H2,11,13)(H2,12,15,16). The number of nitrogens with zero attached hydrogens (tertiary/aromatic N) is 2. The van der Waals surface area contributed by atoms with Crippen LogP contribution in [0, 0.1) is 5.92 Å². The minimum absolute atomic E-state index is 0.0777. The van der Waals surface area contributed by atoms with Crippen LogP contribution in [0.5, 0.6) is 0 Å². The molecule has 1 aliphatic heterocycles. The van der Waals surface area contributed by atoms with E-state index in [1.807, 2.05) is 0 Å². The maximum absolute atomic E-state index is 11.1. The van der Waals surface area contributed by atoms with Gasteiger partial charge in [0.2, 0.25) is 10.0 Å². The number of likely N-dealkylation sites (tertiary alicyclic amines) is 1. The molecule has 4 N–H and O–H groups in total. The molecule has 0 radical (unpaired) electrons. The van der Waals surface area contributed by atoms with Gasteiger partial charge in [0.25, 0.3) is 0 Å². The van der Waals surface area contributed by atoms with Gasteiger partial charge in [-0.15, -0.1) is 11.3 Å². The Balaban J connectivity index is 1.90. The summed E-state index contributed by atoms with van der Waals surface area (Å²) in [6, 6.07) is 0. The van der Waals surface area contributed by atoms with Gasteiger partial charge in [-0.25, -0.2) is 18.5 Å². The number of hydrogen-bond acceptors (Lipinski definition) is 6. The zero-order chi connectivity index (χ0) is 13.2. The van der Waals surface area contributed by atoms with Crippen LogP contribution in [-0.2, 0) is 16.6 Å². The molecule has 0 saturated carbocycles. The number of nitrogen functional groups attached to an aromatic ring is 1. The van der Waals surface area contributed by atoms with Crippen molar-refractivity contribution in [2.75, 3.05) is 24.6 Å². The van der Waals surface area contributed by atoms with E-state index in [2.05, 4.69) is 9.88 Å². The number of aromatic nitrogens is 1. The second-order valence-electron chi connectivity index (χ2n) is 4.74. The number of hydrogen-bond donors (Lipinski definition) is 2. The molecule has 0 bridgehead atoms. The summed E-state index contributed by atoms with van der Waals surface area (Å²) in [7, 11) is -3.37. The Hall–Kier alpha value is -0.700. The van der Waals surface area contributed by atoms with Crippen LogP contribution in [0.25, 0.3) is 0 Å². The highest BCUT2D eigenvalue weighted by Gasteiger charge is 2.23. The molecule has 1 aromatic rings. The highest BCUT2D eigenvalue weighted by Crippen LogP contribution is 2.22. The van der Waals surface area contributed by atoms with Crippen molar-refractivity contribution >= 4 is 26.5 Å². The van der Waals surface area contributed by atoms with E-state index in [-0.39, 0.29) is 11.7 Å². The van der Waals surface area contributed by atoms with E-state index >= 15 is 0 Å². The van der Waals surface area contributed by atoms with E-state index in [9.17, 15) is 8.42 Å². The molecule has 0 aromatic carbocycles. The Morgan fingerprint density at radius 1 is 1.56 bits per heavy atom. The van der Waals surface area contributed by atoms with Gasteiger partial charge >= 0.3 is 0 Å². The number of anilines is 1. The predicted octanol–water partition coefficient (Wildman–Crippen LogP) is 0.226. The van der Waals surface area contributed by atoms with Gasteiger partial charge in [0.15, 0.2) is 5.13 Å². The van der Waals surface area contributed by atoms with E-state index < -0.39 is 10.0 Å². The van der Waals surface area contributed by atoms with E-state index in [1.165, 1.54) is 11.3 Å². The number of sulfonamides is 1. The third kappa shape index (κ3) is 4.20. The Bertz CT molecular complexity index is 500. The Morgan fingerprint density at radius 2 is 2.33 bits per heavy atom. The monoisotopic (exact) mass is 290 g/mol. The largest absolute Gasteiger partial charge is 0.375 e. The van der Waals surface area contributed by atoms with Gasteiger partial charge in [-0.3, -0.25) is 4.90 Å². The van der Waals surface area contributed by atoms with Crippen molar-refractivity contribution in [3.63, 3.8) is 0 Å². The summed E-state index contributed by atoms with van der Waals surface area (Å²) in [5.74, 6) is 0.216. The number of rotatable bonds is 4. The lowest BCUT2D eigenvalue weighted by atomic mass is 10.0. The highest BCUT2D eigenvalue weighted by atomic mass is 32.2. The van der Waals surface area contributed by atoms with E-state index in [0.717, 1.165) is 37.4 Å². The summed E-state index contributed by atoms with van der Waals surface area (Å²) in [6.45, 7) is 2.54. The molecule has 102 valence electrons. The molecule has 18 heavy (non-hydrogen) atoms. The van der Waals surface area contributed by atoms with Crippen LogP contribution in [-0.4, -0.2) is 37.1 Å². The third-order valence-corrected chi connectivity index (χ3v) is 4.77. The van der Waals surface area contributed by atoms with Gasteiger partial charge in [-0.05, 0) is 25.3 Å². The van der Waals surface area contributed by atoms with Crippen molar-refractivity contribution in [1.29, 1.82) is 0 Å². The van der Waals surface area contributed by atoms with Crippen LogP contribution in [0.15, 0.2) is 6.20 Å². The molecule has 2 rings (SSSR count). The predicted molar refractivity (Wildman–Crippen MR) is 72.5 cm³/mol. The molecule has 0 amide bonds. The lowest BCUT2D eigenvalue weighted by molar-refractivity contribution is 0.179. The van der Waals surface area contributed by atoms with Crippen molar-refractivity contribution in [2.45, 2.75) is 19.4 Å². The molecule has 2 heterocycles. The van der Waals surface area contributed by atoms with Gasteiger partial charge in [-0.2, -0.15) is 0 Å². The summed E-state index contributed by atoms with van der Waals surface area (Å²) in [4.78, 5) is 7.37. The molecule has 6 nitrogen and oxygen atoms in total. The first-order valence-electron chi connectivity index (χ1n) is 5.85. The fourth-order valence-corrected chi connectivity index (χ4v) is 4.03. The minimum atomic E-state index is -3.37. The summed E-state index contributed by atoms with van der Waals surface area (Å²) in [5, 5.41) is 5.67. The topological polar surface area (TPSA) is 102 Å². The van der Waals surface area contributed by atoms with Crippen molar-refractivity contribution in [2.24, 2.45) is 11.1 Å².